The first-order chi connectivity index (χ1) is 11.5. The highest BCUT2D eigenvalue weighted by molar-refractivity contribution is 7.89. The van der Waals surface area contributed by atoms with Crippen LogP contribution in [0.1, 0.15) is 45.4 Å². The van der Waals surface area contributed by atoms with Crippen molar-refractivity contribution in [3.05, 3.63) is 12.5 Å². The van der Waals surface area contributed by atoms with Crippen LogP contribution in [0, 0.1) is 11.8 Å². The van der Waals surface area contributed by atoms with Crippen LogP contribution in [0.25, 0.3) is 0 Å². The van der Waals surface area contributed by atoms with E-state index in [0.29, 0.717) is 31.8 Å². The van der Waals surface area contributed by atoms with Crippen molar-refractivity contribution >= 4 is 15.9 Å². The zero-order chi connectivity index (χ0) is 17.2. The quantitative estimate of drug-likeness (QED) is 0.857. The number of aromatic nitrogens is 2. The largest absolute Gasteiger partial charge is 0.353 e. The lowest BCUT2D eigenvalue weighted by Crippen LogP contribution is -2.47. The van der Waals surface area contributed by atoms with E-state index in [0.717, 1.165) is 6.42 Å². The van der Waals surface area contributed by atoms with Crippen LogP contribution in [-0.4, -0.2) is 47.7 Å². The molecule has 7 nitrogen and oxygen atoms in total. The standard InChI is InChI=1S/C16H26N4O3S/c1-12-4-2-3-5-14(12)19-16(21)13-6-8-20(9-7-13)24(22,23)15-10-17-11-18-15/h10-14H,2-9H2,1H3,(H,17,18)(H,19,21)/t12-,14-/m1/s1. The van der Waals surface area contributed by atoms with Gasteiger partial charge < -0.3 is 10.3 Å². The van der Waals surface area contributed by atoms with Crippen molar-refractivity contribution in [1.82, 2.24) is 19.6 Å². The molecule has 8 heteroatoms. The number of nitrogens with zero attached hydrogens (tertiary/aromatic N) is 2. The van der Waals surface area contributed by atoms with Crippen LogP contribution in [0.5, 0.6) is 0 Å². The first kappa shape index (κ1) is 17.4. The zero-order valence-electron chi connectivity index (χ0n) is 14.1. The van der Waals surface area contributed by atoms with E-state index in [1.165, 1.54) is 36.1 Å². The lowest BCUT2D eigenvalue weighted by atomic mass is 9.85. The van der Waals surface area contributed by atoms with Crippen LogP contribution in [0.15, 0.2) is 17.6 Å². The molecule has 1 aliphatic carbocycles. The van der Waals surface area contributed by atoms with Gasteiger partial charge in [-0.15, -0.1) is 0 Å². The second-order valence-corrected chi connectivity index (χ2v) is 8.88. The Bertz CT molecular complexity index is 651. The van der Waals surface area contributed by atoms with Crippen molar-refractivity contribution in [2.75, 3.05) is 13.1 Å². The molecule has 0 bridgehead atoms. The predicted molar refractivity (Wildman–Crippen MR) is 89.6 cm³/mol. The summed E-state index contributed by atoms with van der Waals surface area (Å²) in [4.78, 5) is 18.9. The smallest absolute Gasteiger partial charge is 0.260 e. The van der Waals surface area contributed by atoms with Gasteiger partial charge in [-0.3, -0.25) is 4.79 Å². The molecule has 1 amide bonds. The minimum absolute atomic E-state index is 0.0901. The van der Waals surface area contributed by atoms with Crippen molar-refractivity contribution in [2.45, 2.75) is 56.5 Å². The Kier molecular flexibility index (Phi) is 5.24. The average Bonchev–Trinajstić information content (AvgIpc) is 3.12. The summed E-state index contributed by atoms with van der Waals surface area (Å²) in [6.07, 6.45) is 8.47. The molecule has 2 heterocycles. The summed E-state index contributed by atoms with van der Waals surface area (Å²) in [7, 11) is -3.52. The van der Waals surface area contributed by atoms with Gasteiger partial charge >= 0.3 is 0 Å². The van der Waals surface area contributed by atoms with Gasteiger partial charge in [0.2, 0.25) is 5.91 Å². The maximum Gasteiger partial charge on any atom is 0.260 e. The third-order valence-electron chi connectivity index (χ3n) is 5.35. The average molecular weight is 354 g/mol. The Morgan fingerprint density at radius 3 is 2.58 bits per heavy atom. The van der Waals surface area contributed by atoms with Gasteiger partial charge in [0.05, 0.1) is 12.5 Å². The van der Waals surface area contributed by atoms with Gasteiger partial charge in [0.25, 0.3) is 10.0 Å². The number of hydrogen-bond acceptors (Lipinski definition) is 4. The number of H-pyrrole nitrogens is 1. The molecule has 134 valence electrons. The fraction of sp³-hybridized carbons (Fsp3) is 0.750. The van der Waals surface area contributed by atoms with Gasteiger partial charge in [0.15, 0.2) is 5.03 Å². The summed E-state index contributed by atoms with van der Waals surface area (Å²) in [5, 5.41) is 3.31. The lowest BCUT2D eigenvalue weighted by Gasteiger charge is -2.33. The summed E-state index contributed by atoms with van der Waals surface area (Å²) in [5.41, 5.74) is 0. The van der Waals surface area contributed by atoms with Crippen LogP contribution in [0.3, 0.4) is 0 Å². The van der Waals surface area contributed by atoms with Crippen LogP contribution in [0.2, 0.25) is 0 Å². The maximum atomic E-state index is 12.5. The number of rotatable bonds is 4. The van der Waals surface area contributed by atoms with E-state index in [9.17, 15) is 13.2 Å². The van der Waals surface area contributed by atoms with E-state index < -0.39 is 10.0 Å². The van der Waals surface area contributed by atoms with Crippen LogP contribution < -0.4 is 5.32 Å². The van der Waals surface area contributed by atoms with E-state index in [4.69, 9.17) is 0 Å². The highest BCUT2D eigenvalue weighted by Crippen LogP contribution is 2.26. The third kappa shape index (κ3) is 3.64. The molecule has 1 saturated heterocycles. The number of hydrogen-bond donors (Lipinski definition) is 2. The molecular formula is C16H26N4O3S. The Hall–Kier alpha value is -1.41. The monoisotopic (exact) mass is 354 g/mol. The van der Waals surface area contributed by atoms with Gasteiger partial charge in [-0.1, -0.05) is 19.8 Å². The number of imidazole rings is 1. The number of sulfonamides is 1. The molecule has 3 rings (SSSR count). The molecule has 1 aliphatic heterocycles. The third-order valence-corrected chi connectivity index (χ3v) is 7.18. The summed E-state index contributed by atoms with van der Waals surface area (Å²) < 4.78 is 26.3. The second-order valence-electron chi connectivity index (χ2n) is 6.97. The zero-order valence-corrected chi connectivity index (χ0v) is 14.9. The molecule has 2 fully saturated rings. The van der Waals surface area contributed by atoms with Gasteiger partial charge in [-0.05, 0) is 31.6 Å². The SMILES string of the molecule is C[C@@H]1CCCC[C@H]1NC(=O)C1CCN(S(=O)(=O)c2cnc[nH]2)CC1. The van der Waals surface area contributed by atoms with Crippen molar-refractivity contribution in [1.29, 1.82) is 0 Å². The minimum atomic E-state index is -3.52. The van der Waals surface area contributed by atoms with Gasteiger partial charge in [0.1, 0.15) is 0 Å². The minimum Gasteiger partial charge on any atom is -0.353 e. The first-order valence-corrected chi connectivity index (χ1v) is 10.2. The highest BCUT2D eigenvalue weighted by Gasteiger charge is 2.34. The van der Waals surface area contributed by atoms with E-state index in [1.54, 1.807) is 0 Å². The molecule has 2 aliphatic rings. The van der Waals surface area contributed by atoms with Crippen molar-refractivity contribution in [2.24, 2.45) is 11.8 Å². The number of carbonyl (C=O) groups is 1. The van der Waals surface area contributed by atoms with E-state index >= 15 is 0 Å². The molecule has 0 aromatic carbocycles. The number of aromatic amines is 1. The molecule has 1 saturated carbocycles. The Morgan fingerprint density at radius 2 is 1.96 bits per heavy atom. The van der Waals surface area contributed by atoms with Crippen molar-refractivity contribution in [3.63, 3.8) is 0 Å². The molecule has 0 radical (unpaired) electrons. The summed E-state index contributed by atoms with van der Waals surface area (Å²) in [6.45, 7) is 2.95. The second kappa shape index (κ2) is 7.23. The number of amides is 1. The van der Waals surface area contributed by atoms with Gasteiger partial charge in [-0.25, -0.2) is 13.4 Å². The topological polar surface area (TPSA) is 95.2 Å². The normalized spacial score (nSPS) is 27.0. The Morgan fingerprint density at radius 1 is 1.25 bits per heavy atom. The maximum absolute atomic E-state index is 12.5. The van der Waals surface area contributed by atoms with Crippen molar-refractivity contribution in [3.8, 4) is 0 Å². The molecule has 0 unspecified atom stereocenters. The molecule has 2 N–H and O–H groups in total. The van der Waals surface area contributed by atoms with E-state index in [2.05, 4.69) is 22.2 Å². The van der Waals surface area contributed by atoms with Gasteiger partial charge in [0, 0.05) is 25.0 Å². The lowest BCUT2D eigenvalue weighted by molar-refractivity contribution is -0.127. The van der Waals surface area contributed by atoms with E-state index in [-0.39, 0.29) is 22.9 Å². The van der Waals surface area contributed by atoms with Crippen LogP contribution in [0.4, 0.5) is 0 Å². The molecular weight excluding hydrogens is 328 g/mol. The number of carbonyl (C=O) groups excluding carboxylic acids is 1. The predicted octanol–water partition coefficient (Wildman–Crippen LogP) is 1.51. The fourth-order valence-corrected chi connectivity index (χ4v) is 5.08. The summed E-state index contributed by atoms with van der Waals surface area (Å²) in [6, 6.07) is 0.276. The summed E-state index contributed by atoms with van der Waals surface area (Å²) in [5.74, 6) is 0.531. The Labute approximate surface area is 143 Å². The number of nitrogens with one attached hydrogen (secondary N) is 2. The summed E-state index contributed by atoms with van der Waals surface area (Å²) >= 11 is 0. The molecule has 1 aromatic rings. The van der Waals surface area contributed by atoms with E-state index in [1.807, 2.05) is 0 Å². The van der Waals surface area contributed by atoms with Crippen LogP contribution >= 0.6 is 0 Å². The number of piperidine rings is 1. The fourth-order valence-electron chi connectivity index (χ4n) is 3.71. The molecule has 0 spiro atoms. The first-order valence-electron chi connectivity index (χ1n) is 8.77. The Balaban J connectivity index is 1.54. The molecule has 24 heavy (non-hydrogen) atoms. The van der Waals surface area contributed by atoms with Gasteiger partial charge in [-0.2, -0.15) is 4.31 Å². The molecule has 1 aromatic heterocycles. The highest BCUT2D eigenvalue weighted by atomic mass is 32.2. The van der Waals surface area contributed by atoms with Crippen molar-refractivity contribution < 1.29 is 13.2 Å². The van der Waals surface area contributed by atoms with Crippen LogP contribution in [-0.2, 0) is 14.8 Å². The molecule has 2 atom stereocenters.